The van der Waals surface area contributed by atoms with Crippen LogP contribution in [0.25, 0.3) is 5.69 Å². The minimum Gasteiger partial charge on any atom is -0.508 e. The standard InChI is InChI=1S/C17H17N3O/c1-13(14-7-2-5-10-17(14)21)19-15-8-3-4-9-16(15)20-12-6-11-18-20/h2-13,19,21H,1H3. The molecule has 0 spiro atoms. The molecule has 0 aliphatic carbocycles. The number of phenolic OH excluding ortho intramolecular Hbond substituents is 1. The molecule has 0 bridgehead atoms. The van der Waals surface area contributed by atoms with Crippen LogP contribution in [0.1, 0.15) is 18.5 Å². The second-order valence-corrected chi connectivity index (χ2v) is 4.89. The molecule has 0 fully saturated rings. The lowest BCUT2D eigenvalue weighted by Gasteiger charge is -2.19. The lowest BCUT2D eigenvalue weighted by atomic mass is 10.1. The number of aromatic nitrogens is 2. The van der Waals surface area contributed by atoms with Crippen LogP contribution in [0.15, 0.2) is 67.0 Å². The van der Waals surface area contributed by atoms with Crippen molar-refractivity contribution in [1.82, 2.24) is 9.78 Å². The molecule has 3 rings (SSSR count). The summed E-state index contributed by atoms with van der Waals surface area (Å²) >= 11 is 0. The molecule has 0 radical (unpaired) electrons. The molecule has 1 aromatic heterocycles. The molecule has 3 aromatic rings. The summed E-state index contributed by atoms with van der Waals surface area (Å²) in [6, 6.07) is 17.2. The van der Waals surface area contributed by atoms with Gasteiger partial charge in [-0.25, -0.2) is 4.68 Å². The van der Waals surface area contributed by atoms with Gasteiger partial charge in [0, 0.05) is 18.0 Å². The average molecular weight is 279 g/mol. The van der Waals surface area contributed by atoms with Gasteiger partial charge >= 0.3 is 0 Å². The van der Waals surface area contributed by atoms with Crippen LogP contribution < -0.4 is 5.32 Å². The van der Waals surface area contributed by atoms with E-state index < -0.39 is 0 Å². The molecule has 106 valence electrons. The SMILES string of the molecule is CC(Nc1ccccc1-n1cccn1)c1ccccc1O. The molecule has 1 unspecified atom stereocenters. The van der Waals surface area contributed by atoms with E-state index in [1.165, 1.54) is 0 Å². The van der Waals surface area contributed by atoms with E-state index in [0.29, 0.717) is 5.75 Å². The molecule has 2 N–H and O–H groups in total. The van der Waals surface area contributed by atoms with E-state index in [4.69, 9.17) is 0 Å². The fraction of sp³-hybridized carbons (Fsp3) is 0.118. The number of nitrogens with one attached hydrogen (secondary N) is 1. The Kier molecular flexibility index (Phi) is 3.60. The molecule has 1 heterocycles. The highest BCUT2D eigenvalue weighted by molar-refractivity contribution is 5.61. The van der Waals surface area contributed by atoms with Crippen LogP contribution in [0.5, 0.6) is 5.75 Å². The summed E-state index contributed by atoms with van der Waals surface area (Å²) in [6.07, 6.45) is 3.66. The molecule has 1 atom stereocenters. The summed E-state index contributed by atoms with van der Waals surface area (Å²) in [5, 5.41) is 17.7. The summed E-state index contributed by atoms with van der Waals surface area (Å²) in [6.45, 7) is 2.02. The van der Waals surface area contributed by atoms with Gasteiger partial charge in [0.25, 0.3) is 0 Å². The van der Waals surface area contributed by atoms with E-state index in [0.717, 1.165) is 16.9 Å². The van der Waals surface area contributed by atoms with Gasteiger partial charge in [-0.05, 0) is 31.2 Å². The first kappa shape index (κ1) is 13.2. The highest BCUT2D eigenvalue weighted by atomic mass is 16.3. The fourth-order valence-electron chi connectivity index (χ4n) is 2.37. The van der Waals surface area contributed by atoms with Crippen molar-refractivity contribution in [2.45, 2.75) is 13.0 Å². The van der Waals surface area contributed by atoms with Crippen LogP contribution >= 0.6 is 0 Å². The van der Waals surface area contributed by atoms with E-state index >= 15 is 0 Å². The Morgan fingerprint density at radius 1 is 1.05 bits per heavy atom. The number of anilines is 1. The first-order valence-corrected chi connectivity index (χ1v) is 6.89. The summed E-state index contributed by atoms with van der Waals surface area (Å²) in [4.78, 5) is 0. The Hall–Kier alpha value is -2.75. The topological polar surface area (TPSA) is 50.1 Å². The molecular weight excluding hydrogens is 262 g/mol. The second-order valence-electron chi connectivity index (χ2n) is 4.89. The van der Waals surface area contributed by atoms with Gasteiger partial charge in [0.15, 0.2) is 0 Å². The van der Waals surface area contributed by atoms with Crippen molar-refractivity contribution in [3.8, 4) is 11.4 Å². The Bertz CT molecular complexity index is 722. The Labute approximate surface area is 123 Å². The minimum atomic E-state index is -0.0112. The molecule has 0 aliphatic heterocycles. The number of aromatic hydroxyl groups is 1. The maximum Gasteiger partial charge on any atom is 0.120 e. The summed E-state index contributed by atoms with van der Waals surface area (Å²) in [7, 11) is 0. The second kappa shape index (κ2) is 5.71. The van der Waals surface area contributed by atoms with Gasteiger partial charge in [-0.15, -0.1) is 0 Å². The van der Waals surface area contributed by atoms with Gasteiger partial charge < -0.3 is 10.4 Å². The number of para-hydroxylation sites is 3. The predicted octanol–water partition coefficient (Wildman–Crippen LogP) is 3.75. The van der Waals surface area contributed by atoms with E-state index in [1.54, 1.807) is 12.3 Å². The number of hydrogen-bond acceptors (Lipinski definition) is 3. The van der Waals surface area contributed by atoms with Crippen molar-refractivity contribution in [2.75, 3.05) is 5.32 Å². The molecule has 0 amide bonds. The molecule has 0 saturated carbocycles. The zero-order chi connectivity index (χ0) is 14.7. The van der Waals surface area contributed by atoms with Gasteiger partial charge in [-0.2, -0.15) is 5.10 Å². The maximum absolute atomic E-state index is 9.95. The van der Waals surface area contributed by atoms with Crippen LogP contribution in [-0.2, 0) is 0 Å². The fourth-order valence-corrected chi connectivity index (χ4v) is 2.37. The molecule has 0 aliphatic rings. The number of nitrogens with zero attached hydrogens (tertiary/aromatic N) is 2. The Morgan fingerprint density at radius 3 is 2.57 bits per heavy atom. The lowest BCUT2D eigenvalue weighted by Crippen LogP contribution is -2.09. The third kappa shape index (κ3) is 2.74. The normalized spacial score (nSPS) is 12.0. The quantitative estimate of drug-likeness (QED) is 0.764. The first-order chi connectivity index (χ1) is 10.3. The minimum absolute atomic E-state index is 0.0112. The molecular formula is C17H17N3O. The van der Waals surface area contributed by atoms with E-state index in [-0.39, 0.29) is 6.04 Å². The van der Waals surface area contributed by atoms with Gasteiger partial charge in [0.05, 0.1) is 17.4 Å². The van der Waals surface area contributed by atoms with Gasteiger partial charge in [0.1, 0.15) is 5.75 Å². The van der Waals surface area contributed by atoms with Crippen molar-refractivity contribution in [2.24, 2.45) is 0 Å². The predicted molar refractivity (Wildman–Crippen MR) is 83.7 cm³/mol. The van der Waals surface area contributed by atoms with Gasteiger partial charge in [-0.3, -0.25) is 0 Å². The summed E-state index contributed by atoms with van der Waals surface area (Å²) in [5.74, 6) is 0.300. The summed E-state index contributed by atoms with van der Waals surface area (Å²) < 4.78 is 1.82. The first-order valence-electron chi connectivity index (χ1n) is 6.89. The van der Waals surface area contributed by atoms with Crippen LogP contribution in [0.4, 0.5) is 5.69 Å². The van der Waals surface area contributed by atoms with Crippen molar-refractivity contribution < 1.29 is 5.11 Å². The third-order valence-corrected chi connectivity index (χ3v) is 3.43. The monoisotopic (exact) mass is 279 g/mol. The molecule has 4 nitrogen and oxygen atoms in total. The maximum atomic E-state index is 9.95. The van der Waals surface area contributed by atoms with Gasteiger partial charge in [-0.1, -0.05) is 30.3 Å². The van der Waals surface area contributed by atoms with Crippen LogP contribution in [0.3, 0.4) is 0 Å². The number of hydrogen-bond donors (Lipinski definition) is 2. The van der Waals surface area contributed by atoms with Crippen LogP contribution in [0, 0.1) is 0 Å². The van der Waals surface area contributed by atoms with Crippen LogP contribution in [-0.4, -0.2) is 14.9 Å². The van der Waals surface area contributed by atoms with E-state index in [9.17, 15) is 5.11 Å². The van der Waals surface area contributed by atoms with E-state index in [2.05, 4.69) is 10.4 Å². The number of rotatable bonds is 4. The highest BCUT2D eigenvalue weighted by Gasteiger charge is 2.12. The smallest absolute Gasteiger partial charge is 0.120 e. The molecule has 4 heteroatoms. The van der Waals surface area contributed by atoms with Crippen molar-refractivity contribution >= 4 is 5.69 Å². The molecule has 0 saturated heterocycles. The number of phenols is 1. The third-order valence-electron chi connectivity index (χ3n) is 3.43. The Morgan fingerprint density at radius 2 is 1.81 bits per heavy atom. The summed E-state index contributed by atoms with van der Waals surface area (Å²) in [5.41, 5.74) is 2.81. The number of benzene rings is 2. The zero-order valence-electron chi connectivity index (χ0n) is 11.8. The van der Waals surface area contributed by atoms with Crippen molar-refractivity contribution in [3.05, 3.63) is 72.6 Å². The Balaban J connectivity index is 1.91. The van der Waals surface area contributed by atoms with Crippen molar-refractivity contribution in [3.63, 3.8) is 0 Å². The highest BCUT2D eigenvalue weighted by Crippen LogP contribution is 2.28. The van der Waals surface area contributed by atoms with Gasteiger partial charge in [0.2, 0.25) is 0 Å². The average Bonchev–Trinajstić information content (AvgIpc) is 3.02. The van der Waals surface area contributed by atoms with Crippen molar-refractivity contribution in [1.29, 1.82) is 0 Å². The van der Waals surface area contributed by atoms with Crippen LogP contribution in [0.2, 0.25) is 0 Å². The van der Waals surface area contributed by atoms with E-state index in [1.807, 2.05) is 66.3 Å². The zero-order valence-corrected chi connectivity index (χ0v) is 11.8. The molecule has 2 aromatic carbocycles. The molecule has 21 heavy (non-hydrogen) atoms. The largest absolute Gasteiger partial charge is 0.508 e. The lowest BCUT2D eigenvalue weighted by molar-refractivity contribution is 0.465.